The Hall–Kier alpha value is -0.585. The zero-order chi connectivity index (χ0) is 11.1. The topological polar surface area (TPSA) is 67.8 Å². The van der Waals surface area contributed by atoms with Crippen molar-refractivity contribution in [2.45, 2.75) is 32.8 Å². The van der Waals surface area contributed by atoms with Crippen LogP contribution in [0.3, 0.4) is 0 Å². The van der Waals surface area contributed by atoms with E-state index in [1.165, 1.54) is 6.82 Å². The van der Waals surface area contributed by atoms with Gasteiger partial charge in [-0.15, -0.1) is 0 Å². The molecule has 0 aromatic heterocycles. The summed E-state index contributed by atoms with van der Waals surface area (Å²) in [5.41, 5.74) is 0. The molecule has 0 rings (SSSR count). The average molecular weight is 203 g/mol. The van der Waals surface area contributed by atoms with Crippen LogP contribution < -0.4 is 5.32 Å². The van der Waals surface area contributed by atoms with Gasteiger partial charge in [0.1, 0.15) is 0 Å². The lowest BCUT2D eigenvalue weighted by Crippen LogP contribution is -2.45. The van der Waals surface area contributed by atoms with Gasteiger partial charge in [-0.1, -0.05) is 0 Å². The normalized spacial score (nSPS) is 14.6. The molecule has 0 unspecified atom stereocenters. The van der Waals surface area contributed by atoms with Crippen LogP contribution in [0.15, 0.2) is 0 Å². The summed E-state index contributed by atoms with van der Waals surface area (Å²) in [6.07, 6.45) is -0.778. The van der Waals surface area contributed by atoms with E-state index in [1.54, 1.807) is 20.9 Å². The second kappa shape index (κ2) is 6.81. The van der Waals surface area contributed by atoms with Crippen molar-refractivity contribution in [2.24, 2.45) is 0 Å². The smallest absolute Gasteiger partial charge is 0.451 e. The van der Waals surface area contributed by atoms with Crippen molar-refractivity contribution in [3.8, 4) is 0 Å². The van der Waals surface area contributed by atoms with Crippen molar-refractivity contribution in [1.82, 2.24) is 5.32 Å². The molecule has 0 aliphatic rings. The summed E-state index contributed by atoms with van der Waals surface area (Å²) < 4.78 is 9.85. The van der Waals surface area contributed by atoms with E-state index in [9.17, 15) is 4.79 Å². The van der Waals surface area contributed by atoms with Gasteiger partial charge in [0.25, 0.3) is 0 Å². The first kappa shape index (κ1) is 13.4. The van der Waals surface area contributed by atoms with Crippen LogP contribution in [0.2, 0.25) is 6.82 Å². The number of nitrogens with one attached hydrogen (secondary N) is 1. The molecule has 0 saturated carbocycles. The minimum absolute atomic E-state index is 0.205. The van der Waals surface area contributed by atoms with Gasteiger partial charge >= 0.3 is 13.1 Å². The van der Waals surface area contributed by atoms with Crippen LogP contribution in [0.4, 0.5) is 0 Å². The minimum atomic E-state index is -0.986. The average Bonchev–Trinajstić information content (AvgIpc) is 2.13. The van der Waals surface area contributed by atoms with Gasteiger partial charge in [-0.05, 0) is 27.7 Å². The SMILES string of the molecule is CCOC(=O)[C@H](OB(C)O)[C@H](C)NC. The maximum atomic E-state index is 11.4. The largest absolute Gasteiger partial charge is 0.464 e. The maximum absolute atomic E-state index is 11.4. The molecule has 2 atom stereocenters. The molecule has 0 aromatic carbocycles. The zero-order valence-electron chi connectivity index (χ0n) is 9.11. The van der Waals surface area contributed by atoms with Crippen molar-refractivity contribution in [2.75, 3.05) is 13.7 Å². The van der Waals surface area contributed by atoms with Crippen LogP contribution in [-0.4, -0.2) is 43.9 Å². The Morgan fingerprint density at radius 2 is 2.21 bits per heavy atom. The van der Waals surface area contributed by atoms with E-state index in [-0.39, 0.29) is 6.04 Å². The third-order valence-electron chi connectivity index (χ3n) is 1.77. The fourth-order valence-electron chi connectivity index (χ4n) is 0.965. The van der Waals surface area contributed by atoms with Gasteiger partial charge < -0.3 is 19.7 Å². The van der Waals surface area contributed by atoms with Crippen molar-refractivity contribution in [3.05, 3.63) is 0 Å². The summed E-state index contributed by atoms with van der Waals surface area (Å²) in [4.78, 5) is 11.4. The number of rotatable bonds is 6. The predicted octanol–water partition coefficient (Wildman–Crippen LogP) is -0.347. The Morgan fingerprint density at radius 1 is 1.64 bits per heavy atom. The van der Waals surface area contributed by atoms with Crippen LogP contribution in [0, 0.1) is 0 Å². The fourth-order valence-corrected chi connectivity index (χ4v) is 0.965. The Balaban J connectivity index is 4.30. The van der Waals surface area contributed by atoms with Crippen LogP contribution >= 0.6 is 0 Å². The highest BCUT2D eigenvalue weighted by Crippen LogP contribution is 2.03. The first-order chi connectivity index (χ1) is 6.52. The van der Waals surface area contributed by atoms with E-state index in [1.807, 2.05) is 0 Å². The molecule has 14 heavy (non-hydrogen) atoms. The quantitative estimate of drug-likeness (QED) is 0.456. The molecule has 0 aromatic rings. The van der Waals surface area contributed by atoms with Crippen LogP contribution in [0.1, 0.15) is 13.8 Å². The third-order valence-corrected chi connectivity index (χ3v) is 1.77. The van der Waals surface area contributed by atoms with E-state index in [0.717, 1.165) is 0 Å². The summed E-state index contributed by atoms with van der Waals surface area (Å²) in [7, 11) is 0.725. The van der Waals surface area contributed by atoms with E-state index < -0.39 is 19.2 Å². The first-order valence-corrected chi connectivity index (χ1v) is 4.70. The van der Waals surface area contributed by atoms with E-state index in [0.29, 0.717) is 6.61 Å². The minimum Gasteiger partial charge on any atom is -0.464 e. The number of esters is 1. The molecule has 2 N–H and O–H groups in total. The Labute approximate surface area is 84.9 Å². The Bertz CT molecular complexity index is 177. The van der Waals surface area contributed by atoms with Crippen LogP contribution in [0.25, 0.3) is 0 Å². The molecular weight excluding hydrogens is 185 g/mol. The van der Waals surface area contributed by atoms with Gasteiger partial charge in [0, 0.05) is 6.04 Å². The van der Waals surface area contributed by atoms with E-state index >= 15 is 0 Å². The van der Waals surface area contributed by atoms with Crippen LogP contribution in [-0.2, 0) is 14.2 Å². The highest BCUT2D eigenvalue weighted by Gasteiger charge is 2.28. The molecule has 0 aliphatic carbocycles. The molecule has 0 amide bonds. The molecular formula is C8H18BNO4. The summed E-state index contributed by atoms with van der Waals surface area (Å²) >= 11 is 0. The lowest BCUT2D eigenvalue weighted by molar-refractivity contribution is -0.153. The molecule has 0 radical (unpaired) electrons. The molecule has 0 saturated heterocycles. The highest BCUT2D eigenvalue weighted by atomic mass is 16.6. The molecule has 0 fully saturated rings. The van der Waals surface area contributed by atoms with Crippen molar-refractivity contribution in [3.63, 3.8) is 0 Å². The number of carbonyl (C=O) groups excluding carboxylic acids is 1. The van der Waals surface area contributed by atoms with Gasteiger partial charge in [0.15, 0.2) is 6.10 Å². The Kier molecular flexibility index (Phi) is 6.52. The molecule has 0 heterocycles. The van der Waals surface area contributed by atoms with Crippen molar-refractivity contribution >= 4 is 13.1 Å². The van der Waals surface area contributed by atoms with Crippen molar-refractivity contribution in [1.29, 1.82) is 0 Å². The van der Waals surface area contributed by atoms with E-state index in [2.05, 4.69) is 5.32 Å². The zero-order valence-corrected chi connectivity index (χ0v) is 9.11. The summed E-state index contributed by atoms with van der Waals surface area (Å²) in [6.45, 7) is 5.26. The predicted molar refractivity (Wildman–Crippen MR) is 53.9 cm³/mol. The second-order valence-electron chi connectivity index (χ2n) is 2.99. The molecule has 5 nitrogen and oxygen atoms in total. The molecule has 82 valence electrons. The van der Waals surface area contributed by atoms with Gasteiger partial charge in [-0.2, -0.15) is 0 Å². The lowest BCUT2D eigenvalue weighted by atomic mass is 9.95. The number of carbonyl (C=O) groups is 1. The monoisotopic (exact) mass is 203 g/mol. The van der Waals surface area contributed by atoms with Gasteiger partial charge in [0.05, 0.1) is 6.61 Å². The Morgan fingerprint density at radius 3 is 2.57 bits per heavy atom. The number of likely N-dealkylation sites (N-methyl/N-ethyl adjacent to an activating group) is 1. The molecule has 0 spiro atoms. The lowest BCUT2D eigenvalue weighted by Gasteiger charge is -2.22. The van der Waals surface area contributed by atoms with Gasteiger partial charge in [-0.25, -0.2) is 4.79 Å². The van der Waals surface area contributed by atoms with Gasteiger partial charge in [0.2, 0.25) is 0 Å². The number of hydrogen-bond acceptors (Lipinski definition) is 5. The standard InChI is InChI=1S/C8H18BNO4/c1-5-13-8(11)7(6(2)10-4)14-9(3)12/h6-7,10,12H,5H2,1-4H3/t6-,7+/m0/s1. The first-order valence-electron chi connectivity index (χ1n) is 4.70. The highest BCUT2D eigenvalue weighted by molar-refractivity contribution is 6.41. The van der Waals surface area contributed by atoms with Crippen LogP contribution in [0.5, 0.6) is 0 Å². The van der Waals surface area contributed by atoms with Crippen molar-refractivity contribution < 1.29 is 19.2 Å². The van der Waals surface area contributed by atoms with Gasteiger partial charge in [-0.3, -0.25) is 0 Å². The summed E-state index contributed by atoms with van der Waals surface area (Å²) in [5.74, 6) is -0.463. The maximum Gasteiger partial charge on any atom is 0.451 e. The molecule has 0 bridgehead atoms. The van der Waals surface area contributed by atoms with E-state index in [4.69, 9.17) is 14.4 Å². The number of hydrogen-bond donors (Lipinski definition) is 2. The summed E-state index contributed by atoms with van der Waals surface area (Å²) in [5, 5.41) is 11.9. The molecule has 0 aliphatic heterocycles. The molecule has 6 heteroatoms. The second-order valence-corrected chi connectivity index (χ2v) is 2.99. The number of ether oxygens (including phenoxy) is 1. The fraction of sp³-hybridized carbons (Fsp3) is 0.875. The third kappa shape index (κ3) is 4.60. The summed E-state index contributed by atoms with van der Waals surface area (Å²) in [6, 6.07) is -0.205.